The zero-order chi connectivity index (χ0) is 12.2. The Morgan fingerprint density at radius 3 is 2.75 bits per heavy atom. The summed E-state index contributed by atoms with van der Waals surface area (Å²) in [4.78, 5) is 0. The summed E-state index contributed by atoms with van der Waals surface area (Å²) in [6, 6.07) is 3.51. The maximum atomic E-state index is 11.8. The van der Waals surface area contributed by atoms with Gasteiger partial charge in [-0.25, -0.2) is 0 Å². The third-order valence-corrected chi connectivity index (χ3v) is 2.07. The Kier molecular flexibility index (Phi) is 4.37. The topological polar surface area (TPSA) is 40.2 Å². The maximum absolute atomic E-state index is 11.8. The average molecular weight is 236 g/mol. The van der Waals surface area contributed by atoms with Crippen LogP contribution in [0.5, 0.6) is 0 Å². The molecular weight excluding hydrogens is 221 g/mol. The van der Waals surface area contributed by atoms with Crippen LogP contribution in [0.25, 0.3) is 0 Å². The van der Waals surface area contributed by atoms with Crippen molar-refractivity contribution in [3.8, 4) is 0 Å². The highest BCUT2D eigenvalue weighted by Crippen LogP contribution is 2.15. The van der Waals surface area contributed by atoms with E-state index in [0.717, 1.165) is 5.69 Å². The van der Waals surface area contributed by atoms with Gasteiger partial charge in [-0.2, -0.15) is 13.2 Å². The molecule has 0 saturated carbocycles. The summed E-state index contributed by atoms with van der Waals surface area (Å²) in [6.45, 7) is 1.01. The summed E-state index contributed by atoms with van der Waals surface area (Å²) in [5.74, 6) is 0. The van der Waals surface area contributed by atoms with Crippen LogP contribution in [0.4, 0.5) is 13.2 Å². The molecule has 0 aliphatic heterocycles. The molecule has 0 saturated heterocycles. The summed E-state index contributed by atoms with van der Waals surface area (Å²) in [6.07, 6.45) is -2.49. The smallest absolute Gasteiger partial charge is 0.370 e. The third kappa shape index (κ3) is 4.24. The SMILES string of the molecule is CC(N)c1cccn1CCOCC(F)(F)F. The van der Waals surface area contributed by atoms with Crippen molar-refractivity contribution in [1.82, 2.24) is 4.57 Å². The second-order valence-electron chi connectivity index (χ2n) is 3.58. The molecule has 0 spiro atoms. The van der Waals surface area contributed by atoms with Crippen molar-refractivity contribution >= 4 is 0 Å². The molecule has 1 atom stereocenters. The largest absolute Gasteiger partial charge is 0.411 e. The van der Waals surface area contributed by atoms with Gasteiger partial charge in [0.2, 0.25) is 0 Å². The van der Waals surface area contributed by atoms with Crippen LogP contribution in [0.1, 0.15) is 18.7 Å². The minimum atomic E-state index is -4.26. The first-order valence-electron chi connectivity index (χ1n) is 4.95. The molecule has 1 rings (SSSR count). The van der Waals surface area contributed by atoms with E-state index in [4.69, 9.17) is 5.73 Å². The molecule has 1 aromatic heterocycles. The first kappa shape index (κ1) is 13.1. The van der Waals surface area contributed by atoms with Crippen molar-refractivity contribution in [1.29, 1.82) is 0 Å². The normalized spacial score (nSPS) is 14.1. The Morgan fingerprint density at radius 2 is 2.19 bits per heavy atom. The molecule has 16 heavy (non-hydrogen) atoms. The van der Waals surface area contributed by atoms with Crippen LogP contribution in [-0.2, 0) is 11.3 Å². The highest BCUT2D eigenvalue weighted by Gasteiger charge is 2.27. The number of rotatable bonds is 5. The Morgan fingerprint density at radius 1 is 1.50 bits per heavy atom. The van der Waals surface area contributed by atoms with Crippen LogP contribution < -0.4 is 5.73 Å². The molecule has 2 N–H and O–H groups in total. The van der Waals surface area contributed by atoms with E-state index in [-0.39, 0.29) is 12.6 Å². The van der Waals surface area contributed by atoms with Crippen LogP contribution in [0.15, 0.2) is 18.3 Å². The standard InChI is InChI=1S/C10H15F3N2O/c1-8(14)9-3-2-4-15(9)5-6-16-7-10(11,12)13/h2-4,8H,5-7,14H2,1H3. The van der Waals surface area contributed by atoms with Crippen molar-refractivity contribution in [2.75, 3.05) is 13.2 Å². The molecule has 0 aliphatic rings. The fourth-order valence-corrected chi connectivity index (χ4v) is 1.40. The summed E-state index contributed by atoms with van der Waals surface area (Å²) < 4.78 is 41.6. The van der Waals surface area contributed by atoms with Crippen molar-refractivity contribution in [3.63, 3.8) is 0 Å². The van der Waals surface area contributed by atoms with Gasteiger partial charge in [-0.3, -0.25) is 0 Å². The van der Waals surface area contributed by atoms with Gasteiger partial charge in [0, 0.05) is 24.5 Å². The Hall–Kier alpha value is -1.01. The number of alkyl halides is 3. The molecule has 0 aliphatic carbocycles. The molecule has 0 aromatic carbocycles. The second kappa shape index (κ2) is 5.36. The molecule has 1 unspecified atom stereocenters. The van der Waals surface area contributed by atoms with Gasteiger partial charge in [0.15, 0.2) is 0 Å². The fraction of sp³-hybridized carbons (Fsp3) is 0.600. The van der Waals surface area contributed by atoms with Gasteiger partial charge >= 0.3 is 6.18 Å². The van der Waals surface area contributed by atoms with Gasteiger partial charge < -0.3 is 15.0 Å². The second-order valence-corrected chi connectivity index (χ2v) is 3.58. The van der Waals surface area contributed by atoms with E-state index >= 15 is 0 Å². The highest BCUT2D eigenvalue weighted by molar-refractivity contribution is 5.10. The van der Waals surface area contributed by atoms with Crippen LogP contribution in [0.3, 0.4) is 0 Å². The Balaban J connectivity index is 2.35. The average Bonchev–Trinajstić information content (AvgIpc) is 2.58. The number of halogens is 3. The molecule has 1 aromatic rings. The maximum Gasteiger partial charge on any atom is 0.411 e. The first-order chi connectivity index (χ1) is 7.40. The van der Waals surface area contributed by atoms with Crippen LogP contribution >= 0.6 is 0 Å². The van der Waals surface area contributed by atoms with E-state index in [1.165, 1.54) is 0 Å². The molecule has 3 nitrogen and oxygen atoms in total. The van der Waals surface area contributed by atoms with Gasteiger partial charge in [-0.1, -0.05) is 0 Å². The summed E-state index contributed by atoms with van der Waals surface area (Å²) in [7, 11) is 0. The van der Waals surface area contributed by atoms with Gasteiger partial charge in [0.05, 0.1) is 6.61 Å². The lowest BCUT2D eigenvalue weighted by molar-refractivity contribution is -0.174. The van der Waals surface area contributed by atoms with E-state index < -0.39 is 12.8 Å². The van der Waals surface area contributed by atoms with Crippen LogP contribution in [0, 0.1) is 0 Å². The minimum Gasteiger partial charge on any atom is -0.370 e. The number of nitrogens with two attached hydrogens (primary N) is 1. The van der Waals surface area contributed by atoms with Gasteiger partial charge in [0.1, 0.15) is 6.61 Å². The molecule has 0 fully saturated rings. The predicted octanol–water partition coefficient (Wildman–Crippen LogP) is 2.09. The van der Waals surface area contributed by atoms with Gasteiger partial charge in [-0.15, -0.1) is 0 Å². The van der Waals surface area contributed by atoms with Crippen molar-refractivity contribution in [3.05, 3.63) is 24.0 Å². The van der Waals surface area contributed by atoms with Crippen LogP contribution in [0.2, 0.25) is 0 Å². The highest BCUT2D eigenvalue weighted by atomic mass is 19.4. The number of nitrogens with zero attached hydrogens (tertiary/aromatic N) is 1. The molecular formula is C10H15F3N2O. The lowest BCUT2D eigenvalue weighted by atomic mass is 10.2. The van der Waals surface area contributed by atoms with Crippen molar-refractivity contribution < 1.29 is 17.9 Å². The molecule has 0 radical (unpaired) electrons. The summed E-state index contributed by atoms with van der Waals surface area (Å²) in [5, 5.41) is 0. The molecule has 6 heteroatoms. The number of aromatic nitrogens is 1. The lowest BCUT2D eigenvalue weighted by Crippen LogP contribution is -2.20. The quantitative estimate of drug-likeness (QED) is 0.795. The monoisotopic (exact) mass is 236 g/mol. The van der Waals surface area contributed by atoms with E-state index in [2.05, 4.69) is 4.74 Å². The molecule has 0 amide bonds. The van der Waals surface area contributed by atoms with Crippen LogP contribution in [-0.4, -0.2) is 24.0 Å². The van der Waals surface area contributed by atoms with E-state index in [9.17, 15) is 13.2 Å². The first-order valence-corrected chi connectivity index (χ1v) is 4.95. The Labute approximate surface area is 92.0 Å². The third-order valence-electron chi connectivity index (χ3n) is 2.07. The molecule has 1 heterocycles. The van der Waals surface area contributed by atoms with Crippen molar-refractivity contribution in [2.24, 2.45) is 5.73 Å². The van der Waals surface area contributed by atoms with Gasteiger partial charge in [0.25, 0.3) is 0 Å². The summed E-state index contributed by atoms with van der Waals surface area (Å²) >= 11 is 0. The molecule has 92 valence electrons. The zero-order valence-corrected chi connectivity index (χ0v) is 9.00. The number of hydrogen-bond acceptors (Lipinski definition) is 2. The van der Waals surface area contributed by atoms with E-state index in [1.54, 1.807) is 10.8 Å². The Bertz CT molecular complexity index is 320. The fourth-order valence-electron chi connectivity index (χ4n) is 1.40. The van der Waals surface area contributed by atoms with E-state index in [0.29, 0.717) is 6.54 Å². The van der Waals surface area contributed by atoms with Crippen molar-refractivity contribution in [2.45, 2.75) is 25.7 Å². The lowest BCUT2D eigenvalue weighted by Gasteiger charge is -2.12. The van der Waals surface area contributed by atoms with Gasteiger partial charge in [-0.05, 0) is 19.1 Å². The zero-order valence-electron chi connectivity index (χ0n) is 9.00. The number of hydrogen-bond donors (Lipinski definition) is 1. The molecule has 0 bridgehead atoms. The van der Waals surface area contributed by atoms with E-state index in [1.807, 2.05) is 19.1 Å². The number of ether oxygens (including phenoxy) is 1. The predicted molar refractivity (Wildman–Crippen MR) is 53.9 cm³/mol. The summed E-state index contributed by atoms with van der Waals surface area (Å²) in [5.41, 5.74) is 6.58. The minimum absolute atomic E-state index is 0.0217.